The van der Waals surface area contributed by atoms with Crippen molar-refractivity contribution in [1.29, 1.82) is 0 Å². The first-order valence-electron chi connectivity index (χ1n) is 6.36. The van der Waals surface area contributed by atoms with Crippen LogP contribution in [0.1, 0.15) is 38.7 Å². The summed E-state index contributed by atoms with van der Waals surface area (Å²) in [4.78, 5) is 3.25. The van der Waals surface area contributed by atoms with E-state index in [4.69, 9.17) is 0 Å². The Balaban J connectivity index is 2.33. The highest BCUT2D eigenvalue weighted by Crippen LogP contribution is 2.42. The van der Waals surface area contributed by atoms with Crippen molar-refractivity contribution in [3.63, 3.8) is 0 Å². The largest absolute Gasteiger partial charge is 0.250 e. The van der Waals surface area contributed by atoms with Crippen LogP contribution in [0.25, 0.3) is 11.3 Å². The Morgan fingerprint density at radius 3 is 2.88 bits per heavy atom. The molecule has 2 heterocycles. The minimum absolute atomic E-state index is 0.170. The lowest BCUT2D eigenvalue weighted by atomic mass is 9.75. The third kappa shape index (κ3) is 1.24. The second-order valence-corrected chi connectivity index (χ2v) is 5.22. The zero-order valence-corrected chi connectivity index (χ0v) is 10.7. The van der Waals surface area contributed by atoms with Gasteiger partial charge in [-0.2, -0.15) is 0 Å². The van der Waals surface area contributed by atoms with E-state index in [9.17, 15) is 0 Å². The molecule has 1 aromatic carbocycles. The van der Waals surface area contributed by atoms with Gasteiger partial charge in [-0.1, -0.05) is 38.1 Å². The summed E-state index contributed by atoms with van der Waals surface area (Å²) in [5, 5.41) is 0. The molecule has 0 aliphatic carbocycles. The molecule has 1 unspecified atom stereocenters. The lowest BCUT2D eigenvalue weighted by Crippen LogP contribution is -2.59. The monoisotopic (exact) mass is 227 g/mol. The molecule has 1 aliphatic heterocycles. The van der Waals surface area contributed by atoms with Gasteiger partial charge in [-0.3, -0.25) is 0 Å². The van der Waals surface area contributed by atoms with Crippen LogP contribution in [0.5, 0.6) is 0 Å². The SMILES string of the molecule is CC[C@]1(C)C(C)c2ccccc2-c2c[nH]c[n+]21. The number of hydrogen-bond acceptors (Lipinski definition) is 0. The Morgan fingerprint density at radius 1 is 1.35 bits per heavy atom. The van der Waals surface area contributed by atoms with Crippen molar-refractivity contribution in [2.45, 2.75) is 38.6 Å². The first kappa shape index (κ1) is 10.6. The molecule has 0 bridgehead atoms. The normalized spacial score (nSPS) is 26.4. The molecule has 0 saturated carbocycles. The number of hydrogen-bond donors (Lipinski definition) is 1. The van der Waals surface area contributed by atoms with Crippen molar-refractivity contribution in [3.05, 3.63) is 42.4 Å². The maximum Gasteiger partial charge on any atom is 0.242 e. The fourth-order valence-corrected chi connectivity index (χ4v) is 3.09. The lowest BCUT2D eigenvalue weighted by molar-refractivity contribution is -0.756. The Labute approximate surface area is 102 Å². The number of fused-ring (bicyclic) bond motifs is 3. The maximum atomic E-state index is 3.25. The van der Waals surface area contributed by atoms with Gasteiger partial charge in [0.2, 0.25) is 6.33 Å². The number of nitrogens with one attached hydrogen (secondary N) is 1. The Morgan fingerprint density at radius 2 is 2.12 bits per heavy atom. The van der Waals surface area contributed by atoms with Crippen molar-refractivity contribution in [2.75, 3.05) is 0 Å². The van der Waals surface area contributed by atoms with Gasteiger partial charge in [-0.15, -0.1) is 0 Å². The zero-order chi connectivity index (χ0) is 12.0. The summed E-state index contributed by atoms with van der Waals surface area (Å²) in [5.74, 6) is 0.539. The minimum atomic E-state index is 0.170. The number of aromatic amines is 1. The van der Waals surface area contributed by atoms with Gasteiger partial charge in [-0.05, 0) is 18.9 Å². The maximum absolute atomic E-state index is 3.25. The predicted octanol–water partition coefficient (Wildman–Crippen LogP) is 3.21. The van der Waals surface area contributed by atoms with Crippen molar-refractivity contribution in [3.8, 4) is 11.3 Å². The van der Waals surface area contributed by atoms with Crippen LogP contribution in [-0.4, -0.2) is 4.98 Å². The topological polar surface area (TPSA) is 19.7 Å². The fraction of sp³-hybridized carbons (Fsp3) is 0.400. The van der Waals surface area contributed by atoms with Crippen LogP contribution in [0.4, 0.5) is 0 Å². The summed E-state index contributed by atoms with van der Waals surface area (Å²) in [6, 6.07) is 8.76. The molecule has 1 aliphatic rings. The number of rotatable bonds is 1. The highest BCUT2D eigenvalue weighted by atomic mass is 15.1. The van der Waals surface area contributed by atoms with Gasteiger partial charge >= 0.3 is 0 Å². The van der Waals surface area contributed by atoms with Crippen LogP contribution < -0.4 is 4.57 Å². The number of H-pyrrole nitrogens is 1. The molecule has 2 heteroatoms. The average Bonchev–Trinajstić information content (AvgIpc) is 2.86. The molecule has 0 amide bonds. The van der Waals surface area contributed by atoms with Gasteiger partial charge in [-0.25, -0.2) is 9.55 Å². The van der Waals surface area contributed by atoms with Crippen LogP contribution in [0.3, 0.4) is 0 Å². The van der Waals surface area contributed by atoms with Gasteiger partial charge in [0.15, 0.2) is 5.69 Å². The number of benzene rings is 1. The summed E-state index contributed by atoms with van der Waals surface area (Å²) >= 11 is 0. The van der Waals surface area contributed by atoms with E-state index in [2.05, 4.69) is 67.1 Å². The van der Waals surface area contributed by atoms with Crippen LogP contribution in [-0.2, 0) is 5.54 Å². The van der Waals surface area contributed by atoms with Crippen LogP contribution in [0.15, 0.2) is 36.8 Å². The Hall–Kier alpha value is -1.57. The summed E-state index contributed by atoms with van der Waals surface area (Å²) in [7, 11) is 0. The van der Waals surface area contributed by atoms with Crippen LogP contribution in [0, 0.1) is 0 Å². The standard InChI is InChI=1S/C15H18N2/c1-4-15(3)11(2)12-7-5-6-8-13(12)14-9-16-10-17(14)15/h5-11H,4H2,1-3H3/p+1/t11?,15-/m1/s1. The molecule has 0 radical (unpaired) electrons. The van der Waals surface area contributed by atoms with E-state index < -0.39 is 0 Å². The molecule has 2 atom stereocenters. The molecule has 88 valence electrons. The fourth-order valence-electron chi connectivity index (χ4n) is 3.09. The molecule has 17 heavy (non-hydrogen) atoms. The van der Waals surface area contributed by atoms with Gasteiger partial charge < -0.3 is 0 Å². The van der Waals surface area contributed by atoms with E-state index >= 15 is 0 Å². The minimum Gasteiger partial charge on any atom is -0.250 e. The van der Waals surface area contributed by atoms with Crippen molar-refractivity contribution in [1.82, 2.24) is 4.98 Å². The van der Waals surface area contributed by atoms with Crippen LogP contribution in [0.2, 0.25) is 0 Å². The molecular weight excluding hydrogens is 208 g/mol. The van der Waals surface area contributed by atoms with E-state index in [1.54, 1.807) is 0 Å². The number of nitrogens with zero attached hydrogens (tertiary/aromatic N) is 1. The summed E-state index contributed by atoms with van der Waals surface area (Å²) in [5.41, 5.74) is 4.32. The number of aromatic nitrogens is 2. The van der Waals surface area contributed by atoms with Crippen LogP contribution >= 0.6 is 0 Å². The lowest BCUT2D eigenvalue weighted by Gasteiger charge is -2.37. The van der Waals surface area contributed by atoms with Gasteiger partial charge in [0.05, 0.1) is 0 Å². The predicted molar refractivity (Wildman–Crippen MR) is 68.8 cm³/mol. The molecule has 1 aromatic heterocycles. The molecular formula is C15H19N2+. The summed E-state index contributed by atoms with van der Waals surface area (Å²) in [6.07, 6.45) is 5.35. The third-order valence-electron chi connectivity index (χ3n) is 4.59. The highest BCUT2D eigenvalue weighted by Gasteiger charge is 2.43. The molecule has 0 fully saturated rings. The Kier molecular flexibility index (Phi) is 2.15. The third-order valence-corrected chi connectivity index (χ3v) is 4.59. The molecule has 1 N–H and O–H groups in total. The zero-order valence-electron chi connectivity index (χ0n) is 10.7. The first-order chi connectivity index (χ1) is 8.18. The van der Waals surface area contributed by atoms with Gasteiger partial charge in [0, 0.05) is 11.5 Å². The molecule has 0 spiro atoms. The molecule has 0 saturated heterocycles. The van der Waals surface area contributed by atoms with E-state index in [1.165, 1.54) is 16.8 Å². The summed E-state index contributed by atoms with van der Waals surface area (Å²) < 4.78 is 2.40. The summed E-state index contributed by atoms with van der Waals surface area (Å²) in [6.45, 7) is 6.96. The van der Waals surface area contributed by atoms with Gasteiger partial charge in [0.1, 0.15) is 11.7 Å². The molecule has 2 aromatic rings. The van der Waals surface area contributed by atoms with Crippen molar-refractivity contribution >= 4 is 0 Å². The Bertz CT molecular complexity index is 556. The van der Waals surface area contributed by atoms with E-state index in [0.29, 0.717) is 5.92 Å². The van der Waals surface area contributed by atoms with E-state index in [1.807, 2.05) is 0 Å². The van der Waals surface area contributed by atoms with E-state index in [0.717, 1.165) is 6.42 Å². The van der Waals surface area contributed by atoms with E-state index in [-0.39, 0.29) is 5.54 Å². The average molecular weight is 227 g/mol. The smallest absolute Gasteiger partial charge is 0.242 e. The molecule has 2 nitrogen and oxygen atoms in total. The van der Waals surface area contributed by atoms with Crippen molar-refractivity contribution < 1.29 is 4.57 Å². The second kappa shape index (κ2) is 3.46. The van der Waals surface area contributed by atoms with Crippen molar-refractivity contribution in [2.24, 2.45) is 0 Å². The highest BCUT2D eigenvalue weighted by molar-refractivity contribution is 5.63. The number of imidazole rings is 1. The second-order valence-electron chi connectivity index (χ2n) is 5.22. The quantitative estimate of drug-likeness (QED) is 0.722. The molecule has 3 rings (SSSR count). The van der Waals surface area contributed by atoms with Gasteiger partial charge in [0.25, 0.3) is 0 Å². The first-order valence-corrected chi connectivity index (χ1v) is 6.36.